The van der Waals surface area contributed by atoms with E-state index >= 15 is 0 Å². The normalized spacial score (nSPS) is 23.0. The average Bonchev–Trinajstić information content (AvgIpc) is 2.97. The van der Waals surface area contributed by atoms with Crippen molar-refractivity contribution in [2.75, 3.05) is 17.9 Å². The standard InChI is InChI=1S/C15H16ClNO6S/c16-11-3-1-2-4-12(11)17-24(20,21)13-5-6-15(22-7-8-23-15)9-10(13)14(18)19/h1-4,9,13,17H,5-8H2,(H,18,19). The number of carboxylic acids is 1. The molecule has 1 aliphatic heterocycles. The summed E-state index contributed by atoms with van der Waals surface area (Å²) in [6.07, 6.45) is 1.60. The molecule has 0 radical (unpaired) electrons. The van der Waals surface area contributed by atoms with Crippen molar-refractivity contribution in [2.45, 2.75) is 23.9 Å². The van der Waals surface area contributed by atoms with Gasteiger partial charge < -0.3 is 14.6 Å². The molecule has 24 heavy (non-hydrogen) atoms. The smallest absolute Gasteiger partial charge is 0.332 e. The van der Waals surface area contributed by atoms with Gasteiger partial charge in [0.1, 0.15) is 5.25 Å². The van der Waals surface area contributed by atoms with Crippen molar-refractivity contribution in [3.8, 4) is 0 Å². The summed E-state index contributed by atoms with van der Waals surface area (Å²) in [5, 5.41) is 8.45. The first-order valence-electron chi connectivity index (χ1n) is 7.33. The molecule has 2 N–H and O–H groups in total. The summed E-state index contributed by atoms with van der Waals surface area (Å²) in [6.45, 7) is 0.692. The predicted octanol–water partition coefficient (Wildman–Crippen LogP) is 2.00. The first-order chi connectivity index (χ1) is 11.3. The maximum absolute atomic E-state index is 12.7. The number of anilines is 1. The van der Waals surface area contributed by atoms with Crippen LogP contribution in [0.3, 0.4) is 0 Å². The van der Waals surface area contributed by atoms with E-state index in [1.54, 1.807) is 18.2 Å². The third-order valence-corrected chi connectivity index (χ3v) is 6.07. The highest BCUT2D eigenvalue weighted by Gasteiger charge is 2.45. The number of benzene rings is 1. The number of nitrogens with one attached hydrogen (secondary N) is 1. The Morgan fingerprint density at radius 3 is 2.58 bits per heavy atom. The van der Waals surface area contributed by atoms with Crippen LogP contribution in [-0.4, -0.2) is 43.7 Å². The molecule has 1 heterocycles. The van der Waals surface area contributed by atoms with Crippen LogP contribution in [-0.2, 0) is 24.3 Å². The molecule has 1 spiro atoms. The molecule has 0 saturated carbocycles. The number of carbonyl (C=O) groups is 1. The highest BCUT2D eigenvalue weighted by Crippen LogP contribution is 2.37. The number of carboxylic acid groups (broad SMARTS) is 1. The van der Waals surface area contributed by atoms with Crippen LogP contribution in [0.15, 0.2) is 35.9 Å². The summed E-state index contributed by atoms with van der Waals surface area (Å²) in [5.41, 5.74) is -0.0553. The molecular weight excluding hydrogens is 358 g/mol. The second-order valence-corrected chi connectivity index (χ2v) is 7.84. The molecule has 1 aromatic carbocycles. The molecular formula is C15H16ClNO6S. The molecule has 0 bridgehead atoms. The molecule has 2 aliphatic rings. The Morgan fingerprint density at radius 2 is 1.96 bits per heavy atom. The summed E-state index contributed by atoms with van der Waals surface area (Å²) < 4.78 is 38.6. The van der Waals surface area contributed by atoms with E-state index in [-0.39, 0.29) is 29.1 Å². The van der Waals surface area contributed by atoms with E-state index < -0.39 is 27.0 Å². The van der Waals surface area contributed by atoms with Crippen molar-refractivity contribution in [1.29, 1.82) is 0 Å². The van der Waals surface area contributed by atoms with Crippen LogP contribution in [0.4, 0.5) is 5.69 Å². The van der Waals surface area contributed by atoms with Crippen molar-refractivity contribution in [3.05, 3.63) is 40.9 Å². The van der Waals surface area contributed by atoms with Crippen molar-refractivity contribution < 1.29 is 27.8 Å². The Kier molecular flexibility index (Phi) is 4.56. The van der Waals surface area contributed by atoms with Crippen LogP contribution in [0.2, 0.25) is 5.02 Å². The van der Waals surface area contributed by atoms with Gasteiger partial charge in [0.2, 0.25) is 10.0 Å². The van der Waals surface area contributed by atoms with Crippen LogP contribution in [0.5, 0.6) is 0 Å². The minimum Gasteiger partial charge on any atom is -0.478 e. The van der Waals surface area contributed by atoms with Gasteiger partial charge in [-0.2, -0.15) is 0 Å². The number of halogens is 1. The van der Waals surface area contributed by atoms with Gasteiger partial charge in [0.05, 0.1) is 29.5 Å². The van der Waals surface area contributed by atoms with E-state index in [9.17, 15) is 18.3 Å². The lowest BCUT2D eigenvalue weighted by atomic mass is 9.94. The van der Waals surface area contributed by atoms with Gasteiger partial charge in [0.25, 0.3) is 0 Å². The minimum atomic E-state index is -3.99. The van der Waals surface area contributed by atoms with Crippen LogP contribution in [0.1, 0.15) is 12.8 Å². The van der Waals surface area contributed by atoms with E-state index in [1.807, 2.05) is 0 Å². The van der Waals surface area contributed by atoms with Gasteiger partial charge in [-0.05, 0) is 24.6 Å². The Labute approximate surface area is 144 Å². The number of ether oxygens (including phenoxy) is 2. The highest BCUT2D eigenvalue weighted by atomic mass is 35.5. The second kappa shape index (κ2) is 6.36. The summed E-state index contributed by atoms with van der Waals surface area (Å²) >= 11 is 5.97. The summed E-state index contributed by atoms with van der Waals surface area (Å²) in [7, 11) is -3.99. The number of hydrogen-bond donors (Lipinski definition) is 2. The van der Waals surface area contributed by atoms with E-state index in [1.165, 1.54) is 12.1 Å². The molecule has 1 atom stereocenters. The minimum absolute atomic E-state index is 0.0674. The SMILES string of the molecule is O=C(O)C1=CC2(CCC1S(=O)(=O)Nc1ccccc1Cl)OCCO2. The zero-order chi connectivity index (χ0) is 17.4. The first-order valence-corrected chi connectivity index (χ1v) is 9.25. The number of rotatable bonds is 4. The number of aliphatic carboxylic acids is 1. The van der Waals surface area contributed by atoms with Gasteiger partial charge in [0, 0.05) is 6.42 Å². The number of para-hydroxylation sites is 1. The van der Waals surface area contributed by atoms with Crippen LogP contribution in [0, 0.1) is 0 Å². The lowest BCUT2D eigenvalue weighted by Crippen LogP contribution is -2.41. The van der Waals surface area contributed by atoms with Gasteiger partial charge in [-0.3, -0.25) is 4.72 Å². The monoisotopic (exact) mass is 373 g/mol. The molecule has 130 valence electrons. The second-order valence-electron chi connectivity index (χ2n) is 5.57. The maximum Gasteiger partial charge on any atom is 0.332 e. The molecule has 1 aliphatic carbocycles. The lowest BCUT2D eigenvalue weighted by Gasteiger charge is -2.32. The van der Waals surface area contributed by atoms with E-state index in [4.69, 9.17) is 21.1 Å². The Morgan fingerprint density at radius 1 is 1.29 bits per heavy atom. The molecule has 9 heteroatoms. The van der Waals surface area contributed by atoms with Crippen LogP contribution in [0.25, 0.3) is 0 Å². The van der Waals surface area contributed by atoms with Crippen molar-refractivity contribution in [3.63, 3.8) is 0 Å². The molecule has 3 rings (SSSR count). The van der Waals surface area contributed by atoms with Crippen LogP contribution < -0.4 is 4.72 Å². The Balaban J connectivity index is 1.92. The van der Waals surface area contributed by atoms with E-state index in [0.29, 0.717) is 13.2 Å². The predicted molar refractivity (Wildman–Crippen MR) is 87.4 cm³/mol. The van der Waals surface area contributed by atoms with Gasteiger partial charge in [-0.15, -0.1) is 0 Å². The summed E-state index contributed by atoms with van der Waals surface area (Å²) in [4.78, 5) is 11.6. The quantitative estimate of drug-likeness (QED) is 0.836. The third-order valence-electron chi connectivity index (χ3n) is 4.00. The van der Waals surface area contributed by atoms with Crippen molar-refractivity contribution in [1.82, 2.24) is 0 Å². The van der Waals surface area contributed by atoms with E-state index in [2.05, 4.69) is 4.72 Å². The van der Waals surface area contributed by atoms with Crippen molar-refractivity contribution >= 4 is 33.3 Å². The number of hydrogen-bond acceptors (Lipinski definition) is 5. The fraction of sp³-hybridized carbons (Fsp3) is 0.400. The molecule has 0 amide bonds. The fourth-order valence-electron chi connectivity index (χ4n) is 2.88. The van der Waals surface area contributed by atoms with Gasteiger partial charge in [0.15, 0.2) is 5.79 Å². The fourth-order valence-corrected chi connectivity index (χ4v) is 4.68. The first kappa shape index (κ1) is 17.2. The van der Waals surface area contributed by atoms with Gasteiger partial charge in [-0.1, -0.05) is 23.7 Å². The summed E-state index contributed by atoms with van der Waals surface area (Å²) in [6, 6.07) is 6.36. The van der Waals surface area contributed by atoms with Crippen molar-refractivity contribution in [2.24, 2.45) is 0 Å². The zero-order valence-electron chi connectivity index (χ0n) is 12.6. The largest absolute Gasteiger partial charge is 0.478 e. The molecule has 1 saturated heterocycles. The zero-order valence-corrected chi connectivity index (χ0v) is 14.1. The topological polar surface area (TPSA) is 102 Å². The number of sulfonamides is 1. The summed E-state index contributed by atoms with van der Waals surface area (Å²) in [5.74, 6) is -2.45. The molecule has 1 aromatic rings. The Hall–Kier alpha value is -1.61. The molecule has 0 aromatic heterocycles. The molecule has 1 unspecified atom stereocenters. The average molecular weight is 374 g/mol. The van der Waals surface area contributed by atoms with Crippen LogP contribution >= 0.6 is 11.6 Å². The molecule has 1 fully saturated rings. The lowest BCUT2D eigenvalue weighted by molar-refractivity contribution is -0.138. The Bertz CT molecular complexity index is 785. The maximum atomic E-state index is 12.7. The van der Waals surface area contributed by atoms with E-state index in [0.717, 1.165) is 0 Å². The highest BCUT2D eigenvalue weighted by molar-refractivity contribution is 7.93. The van der Waals surface area contributed by atoms with Gasteiger partial charge >= 0.3 is 5.97 Å². The third kappa shape index (κ3) is 3.27. The molecule has 7 nitrogen and oxygen atoms in total. The van der Waals surface area contributed by atoms with Gasteiger partial charge in [-0.25, -0.2) is 13.2 Å².